The maximum absolute atomic E-state index is 5.42. The van der Waals surface area contributed by atoms with Gasteiger partial charge in [0.25, 0.3) is 0 Å². The Morgan fingerprint density at radius 1 is 1.75 bits per heavy atom. The summed E-state index contributed by atoms with van der Waals surface area (Å²) in [5, 5.41) is 1.58. The van der Waals surface area contributed by atoms with Crippen molar-refractivity contribution in [3.8, 4) is 0 Å². The minimum absolute atomic E-state index is 0.756. The molecule has 0 aliphatic rings. The molecule has 0 rings (SSSR count). The number of thiocarbonyl (C=S) groups is 1. The molecule has 0 spiro atoms. The van der Waals surface area contributed by atoms with Gasteiger partial charge in [-0.1, -0.05) is 19.1 Å². The van der Waals surface area contributed by atoms with Crippen LogP contribution in [0.2, 0.25) is 0 Å². The summed E-state index contributed by atoms with van der Waals surface area (Å²) in [6, 6.07) is 0. The van der Waals surface area contributed by atoms with Gasteiger partial charge in [0.1, 0.15) is 0 Å². The van der Waals surface area contributed by atoms with Crippen molar-refractivity contribution in [3.63, 3.8) is 0 Å². The van der Waals surface area contributed by atoms with Gasteiger partial charge in [0.15, 0.2) is 0 Å². The van der Waals surface area contributed by atoms with E-state index < -0.39 is 0 Å². The average molecular weight is 132 g/mol. The van der Waals surface area contributed by atoms with Crippen molar-refractivity contribution < 1.29 is 0 Å². The van der Waals surface area contributed by atoms with E-state index in [-0.39, 0.29) is 0 Å². The molecule has 8 heavy (non-hydrogen) atoms. The fourth-order valence-electron chi connectivity index (χ4n) is 0.398. The highest BCUT2D eigenvalue weighted by atomic mass is 32.1. The van der Waals surface area contributed by atoms with E-state index in [1.807, 2.05) is 6.92 Å². The highest BCUT2D eigenvalue weighted by molar-refractivity contribution is 7.80. The van der Waals surface area contributed by atoms with Crippen LogP contribution in [0.25, 0.3) is 0 Å². The van der Waals surface area contributed by atoms with Crippen LogP contribution in [0, 0.1) is 0 Å². The van der Waals surface area contributed by atoms with Gasteiger partial charge < -0.3 is 5.01 Å². The van der Waals surface area contributed by atoms with Gasteiger partial charge in [-0.2, -0.15) is 0 Å². The lowest BCUT2D eigenvalue weighted by molar-refractivity contribution is 0.444. The first-order valence-electron chi connectivity index (χ1n) is 2.71. The van der Waals surface area contributed by atoms with E-state index in [0.717, 1.165) is 18.0 Å². The molecule has 48 valence electrons. The molecule has 0 aliphatic heterocycles. The van der Waals surface area contributed by atoms with Gasteiger partial charge in [-0.15, -0.1) is 0 Å². The highest BCUT2D eigenvalue weighted by Crippen LogP contribution is 1.84. The van der Waals surface area contributed by atoms with Crippen LogP contribution >= 0.6 is 12.2 Å². The molecule has 0 aliphatic carbocycles. The molecular weight excluding hydrogens is 120 g/mol. The fraction of sp³-hybridized carbons (Fsp3) is 0.800. The summed E-state index contributed by atoms with van der Waals surface area (Å²) in [4.78, 5) is 0.756. The molecule has 3 heteroatoms. The van der Waals surface area contributed by atoms with Gasteiger partial charge in [0.2, 0.25) is 0 Å². The quantitative estimate of drug-likeness (QED) is 0.344. The van der Waals surface area contributed by atoms with Crippen molar-refractivity contribution in [3.05, 3.63) is 0 Å². The third kappa shape index (κ3) is 2.93. The van der Waals surface area contributed by atoms with Crippen LogP contribution in [-0.4, -0.2) is 16.5 Å². The average Bonchev–Trinajstić information content (AvgIpc) is 1.67. The summed E-state index contributed by atoms with van der Waals surface area (Å²) >= 11 is 4.78. The highest BCUT2D eigenvalue weighted by Gasteiger charge is 1.93. The third-order valence-corrected chi connectivity index (χ3v) is 1.10. The van der Waals surface area contributed by atoms with Gasteiger partial charge in [-0.25, -0.2) is 5.84 Å². The van der Waals surface area contributed by atoms with E-state index in [1.54, 1.807) is 5.01 Å². The summed E-state index contributed by atoms with van der Waals surface area (Å²) < 4.78 is 0. The zero-order valence-electron chi connectivity index (χ0n) is 5.35. The second-order valence-corrected chi connectivity index (χ2v) is 2.30. The van der Waals surface area contributed by atoms with Crippen LogP contribution < -0.4 is 5.84 Å². The molecule has 0 aromatic heterocycles. The first-order valence-corrected chi connectivity index (χ1v) is 3.12. The molecule has 0 heterocycles. The van der Waals surface area contributed by atoms with Crippen LogP contribution in [-0.2, 0) is 0 Å². The van der Waals surface area contributed by atoms with Gasteiger partial charge in [-0.3, -0.25) is 0 Å². The Balaban J connectivity index is 3.32. The van der Waals surface area contributed by atoms with Gasteiger partial charge >= 0.3 is 0 Å². The lowest BCUT2D eigenvalue weighted by atomic mass is 10.5. The summed E-state index contributed by atoms with van der Waals surface area (Å²) in [6.45, 7) is 4.75. The molecular formula is C5H12N2S. The third-order valence-electron chi connectivity index (χ3n) is 0.869. The van der Waals surface area contributed by atoms with Crippen molar-refractivity contribution in [2.24, 2.45) is 5.84 Å². The van der Waals surface area contributed by atoms with Crippen LogP contribution in [0.1, 0.15) is 20.3 Å². The zero-order chi connectivity index (χ0) is 6.57. The van der Waals surface area contributed by atoms with Crippen LogP contribution in [0.3, 0.4) is 0 Å². The Morgan fingerprint density at radius 2 is 2.25 bits per heavy atom. The lowest BCUT2D eigenvalue weighted by Crippen LogP contribution is -2.34. The number of hydrogen-bond acceptors (Lipinski definition) is 2. The van der Waals surface area contributed by atoms with Crippen molar-refractivity contribution in [1.29, 1.82) is 0 Å². The Hall–Kier alpha value is -0.150. The molecule has 0 aromatic rings. The summed E-state index contributed by atoms with van der Waals surface area (Å²) in [7, 11) is 0. The molecule has 0 saturated carbocycles. The van der Waals surface area contributed by atoms with Crippen LogP contribution in [0.4, 0.5) is 0 Å². The predicted molar refractivity (Wildman–Crippen MR) is 39.5 cm³/mol. The largest absolute Gasteiger partial charge is 0.305 e. The Kier molecular flexibility index (Phi) is 3.73. The molecule has 2 nitrogen and oxygen atoms in total. The number of rotatable bonds is 2. The van der Waals surface area contributed by atoms with E-state index in [9.17, 15) is 0 Å². The maximum atomic E-state index is 5.42. The number of nitrogens with zero attached hydrogens (tertiary/aromatic N) is 1. The fourth-order valence-corrected chi connectivity index (χ4v) is 0.490. The smallest absolute Gasteiger partial charge is 0.0887 e. The summed E-state index contributed by atoms with van der Waals surface area (Å²) in [5.74, 6) is 5.42. The molecule has 0 atom stereocenters. The Morgan fingerprint density at radius 3 is 2.38 bits per heavy atom. The first kappa shape index (κ1) is 7.85. The minimum Gasteiger partial charge on any atom is -0.305 e. The lowest BCUT2D eigenvalue weighted by Gasteiger charge is -2.14. The second kappa shape index (κ2) is 3.80. The van der Waals surface area contributed by atoms with E-state index in [4.69, 9.17) is 18.1 Å². The Labute approximate surface area is 55.6 Å². The van der Waals surface area contributed by atoms with Crippen molar-refractivity contribution >= 4 is 17.2 Å². The topological polar surface area (TPSA) is 29.3 Å². The number of hydrogen-bond donors (Lipinski definition) is 1. The van der Waals surface area contributed by atoms with Gasteiger partial charge in [0.05, 0.1) is 4.99 Å². The van der Waals surface area contributed by atoms with Crippen molar-refractivity contribution in [2.75, 3.05) is 6.54 Å². The summed E-state index contributed by atoms with van der Waals surface area (Å²) in [5.41, 5.74) is 0. The van der Waals surface area contributed by atoms with E-state index in [2.05, 4.69) is 6.92 Å². The molecule has 0 aromatic carbocycles. The molecule has 2 N–H and O–H groups in total. The predicted octanol–water partition coefficient (Wildman–Crippen LogP) is 0.919. The van der Waals surface area contributed by atoms with Crippen LogP contribution in [0.5, 0.6) is 0 Å². The monoisotopic (exact) mass is 132 g/mol. The SMILES string of the molecule is CCCN(N)C(C)=S. The summed E-state index contributed by atoms with van der Waals surface area (Å²) in [6.07, 6.45) is 1.05. The van der Waals surface area contributed by atoms with Gasteiger partial charge in [0, 0.05) is 6.54 Å². The molecule has 0 saturated heterocycles. The van der Waals surface area contributed by atoms with Gasteiger partial charge in [-0.05, 0) is 13.3 Å². The Bertz CT molecular complexity index is 82.5. The molecule has 0 fully saturated rings. The molecule has 0 unspecified atom stereocenters. The van der Waals surface area contributed by atoms with Crippen molar-refractivity contribution in [2.45, 2.75) is 20.3 Å². The first-order chi connectivity index (χ1) is 3.68. The number of hydrazine groups is 1. The van der Waals surface area contributed by atoms with E-state index in [0.29, 0.717) is 0 Å². The van der Waals surface area contributed by atoms with E-state index in [1.165, 1.54) is 0 Å². The molecule has 0 amide bonds. The second-order valence-electron chi connectivity index (χ2n) is 1.71. The minimum atomic E-state index is 0.756. The zero-order valence-corrected chi connectivity index (χ0v) is 6.16. The molecule has 0 bridgehead atoms. The molecule has 0 radical (unpaired) electrons. The van der Waals surface area contributed by atoms with E-state index >= 15 is 0 Å². The maximum Gasteiger partial charge on any atom is 0.0887 e. The number of nitrogens with two attached hydrogens (primary N) is 1. The van der Waals surface area contributed by atoms with Crippen molar-refractivity contribution in [1.82, 2.24) is 5.01 Å². The standard InChI is InChI=1S/C5H12N2S/c1-3-4-7(6)5(2)8/h3-4,6H2,1-2H3. The van der Waals surface area contributed by atoms with Crippen LogP contribution in [0.15, 0.2) is 0 Å². The normalized spacial score (nSPS) is 8.88.